The minimum Gasteiger partial charge on any atom is -0.504 e. The minimum absolute atomic E-state index is 0.0968. The Labute approximate surface area is 215 Å². The molecule has 0 radical (unpaired) electrons. The first-order chi connectivity index (χ1) is 16.9. The predicted octanol–water partition coefficient (Wildman–Crippen LogP) is 6.62. The van der Waals surface area contributed by atoms with E-state index in [2.05, 4.69) is 46.1 Å². The molecule has 36 heavy (non-hydrogen) atoms. The maximum atomic E-state index is 13.9. The lowest BCUT2D eigenvalue weighted by atomic mass is 9.63. The molecule has 1 aliphatic heterocycles. The summed E-state index contributed by atoms with van der Waals surface area (Å²) < 4.78 is 5.81. The lowest BCUT2D eigenvalue weighted by Crippen LogP contribution is -2.44. The summed E-state index contributed by atoms with van der Waals surface area (Å²) in [6, 6.07) is 3.77. The Balaban J connectivity index is 2.03. The van der Waals surface area contributed by atoms with Crippen LogP contribution in [0, 0.1) is 10.8 Å². The van der Waals surface area contributed by atoms with Crippen molar-refractivity contribution in [3.05, 3.63) is 58.5 Å². The molecule has 0 amide bonds. The van der Waals surface area contributed by atoms with Gasteiger partial charge in [-0.15, -0.1) is 6.58 Å². The number of phenols is 1. The maximum Gasteiger partial charge on any atom is 0.162 e. The Kier molecular flexibility index (Phi) is 6.98. The number of ketones is 2. The van der Waals surface area contributed by atoms with Gasteiger partial charge in [0.15, 0.2) is 23.1 Å². The number of phenolic OH excluding ortho intramolecular Hbond substituents is 1. The summed E-state index contributed by atoms with van der Waals surface area (Å²) in [5.41, 5.74) is 4.91. The largest absolute Gasteiger partial charge is 0.504 e. The van der Waals surface area contributed by atoms with Crippen LogP contribution in [0.1, 0.15) is 90.7 Å². The van der Waals surface area contributed by atoms with E-state index in [0.29, 0.717) is 37.2 Å². The number of hydrogen-bond donors (Lipinski definition) is 1. The first-order valence-electron chi connectivity index (χ1n) is 13.3. The van der Waals surface area contributed by atoms with Crippen molar-refractivity contribution < 1.29 is 19.4 Å². The lowest BCUT2D eigenvalue weighted by Gasteiger charge is -2.49. The monoisotopic (exact) mass is 491 g/mol. The topological polar surface area (TPSA) is 66.8 Å². The summed E-state index contributed by atoms with van der Waals surface area (Å²) in [4.78, 5) is 30.0. The first kappa shape index (κ1) is 26.2. The number of ether oxygens (including phenoxy) is 1. The molecule has 0 atom stereocenters. The maximum absolute atomic E-state index is 13.9. The van der Waals surface area contributed by atoms with Crippen molar-refractivity contribution in [1.29, 1.82) is 0 Å². The van der Waals surface area contributed by atoms with Gasteiger partial charge < -0.3 is 14.7 Å². The highest BCUT2D eigenvalue weighted by molar-refractivity contribution is 6.06. The van der Waals surface area contributed by atoms with Gasteiger partial charge in [0.2, 0.25) is 0 Å². The number of carbonyl (C=O) groups is 2. The SMILES string of the molecule is C=CCc1cc(C2C3=C(CC(C)(C)CC3=O)N(CCC)C3=C2C(=O)CC(C)(C)C3)cc(OCC)c1O. The third-order valence-electron chi connectivity index (χ3n) is 7.64. The van der Waals surface area contributed by atoms with Crippen LogP contribution >= 0.6 is 0 Å². The summed E-state index contributed by atoms with van der Waals surface area (Å²) in [7, 11) is 0. The fourth-order valence-electron chi connectivity index (χ4n) is 6.31. The molecule has 5 nitrogen and oxygen atoms in total. The summed E-state index contributed by atoms with van der Waals surface area (Å²) in [5, 5.41) is 10.9. The molecule has 2 aliphatic carbocycles. The summed E-state index contributed by atoms with van der Waals surface area (Å²) in [6.45, 7) is 17.7. The fourth-order valence-corrected chi connectivity index (χ4v) is 6.31. The van der Waals surface area contributed by atoms with Crippen LogP contribution in [0.25, 0.3) is 0 Å². The van der Waals surface area contributed by atoms with E-state index in [1.54, 1.807) is 6.08 Å². The van der Waals surface area contributed by atoms with Gasteiger partial charge in [-0.3, -0.25) is 9.59 Å². The van der Waals surface area contributed by atoms with Crippen LogP contribution in [-0.4, -0.2) is 34.7 Å². The van der Waals surface area contributed by atoms with Gasteiger partial charge in [-0.25, -0.2) is 0 Å². The van der Waals surface area contributed by atoms with E-state index in [0.717, 1.165) is 53.9 Å². The second-order valence-corrected chi connectivity index (χ2v) is 12.1. The molecule has 0 aromatic heterocycles. The molecule has 1 aromatic carbocycles. The number of nitrogens with zero attached hydrogens (tertiary/aromatic N) is 1. The van der Waals surface area contributed by atoms with Gasteiger partial charge >= 0.3 is 0 Å². The standard InChI is InChI=1S/C31H41NO4/c1-8-11-19-13-20(14-25(29(19)35)36-10-3)26-27-21(15-30(4,5)17-23(27)33)32(12-9-2)22-16-31(6,7)18-24(34)28(22)26/h8,13-14,26,35H,1,9-12,15-18H2,2-7H3. The molecule has 0 saturated carbocycles. The highest BCUT2D eigenvalue weighted by Gasteiger charge is 2.49. The number of Topliss-reactive ketones (excluding diaryl/α,β-unsaturated/α-hetero) is 2. The molecule has 0 spiro atoms. The van der Waals surface area contributed by atoms with Gasteiger partial charge in [0.25, 0.3) is 0 Å². The second kappa shape index (κ2) is 9.57. The Morgan fingerprint density at radius 2 is 1.56 bits per heavy atom. The zero-order valence-corrected chi connectivity index (χ0v) is 22.8. The molecule has 0 bridgehead atoms. The van der Waals surface area contributed by atoms with Crippen LogP contribution in [0.5, 0.6) is 11.5 Å². The molecular weight excluding hydrogens is 450 g/mol. The van der Waals surface area contributed by atoms with Gasteiger partial charge in [-0.2, -0.15) is 0 Å². The molecule has 1 heterocycles. The summed E-state index contributed by atoms with van der Waals surface area (Å²) in [5.74, 6) is 0.276. The Morgan fingerprint density at radius 3 is 2.03 bits per heavy atom. The number of carbonyl (C=O) groups excluding carboxylic acids is 2. The quantitative estimate of drug-likeness (QED) is 0.435. The van der Waals surface area contributed by atoms with Crippen molar-refractivity contribution in [2.24, 2.45) is 10.8 Å². The molecule has 194 valence electrons. The molecule has 0 fully saturated rings. The van der Waals surface area contributed by atoms with Crippen LogP contribution in [0.2, 0.25) is 0 Å². The van der Waals surface area contributed by atoms with Gasteiger partial charge in [0.05, 0.1) is 6.61 Å². The van der Waals surface area contributed by atoms with Crippen molar-refractivity contribution in [3.63, 3.8) is 0 Å². The van der Waals surface area contributed by atoms with E-state index in [4.69, 9.17) is 4.74 Å². The van der Waals surface area contributed by atoms with E-state index >= 15 is 0 Å². The van der Waals surface area contributed by atoms with Crippen LogP contribution in [-0.2, 0) is 16.0 Å². The van der Waals surface area contributed by atoms with Crippen molar-refractivity contribution in [3.8, 4) is 11.5 Å². The zero-order chi connectivity index (χ0) is 26.4. The minimum atomic E-state index is -0.446. The van der Waals surface area contributed by atoms with Crippen LogP contribution in [0.3, 0.4) is 0 Å². The number of hydrogen-bond acceptors (Lipinski definition) is 5. The van der Waals surface area contributed by atoms with Gasteiger partial charge in [-0.05, 0) is 55.1 Å². The van der Waals surface area contributed by atoms with E-state index in [9.17, 15) is 14.7 Å². The lowest BCUT2D eigenvalue weighted by molar-refractivity contribution is -0.119. The molecule has 3 aliphatic rings. The predicted molar refractivity (Wildman–Crippen MR) is 143 cm³/mol. The zero-order valence-electron chi connectivity index (χ0n) is 22.8. The van der Waals surface area contributed by atoms with Gasteiger partial charge in [0, 0.05) is 53.4 Å². The molecule has 1 aromatic rings. The van der Waals surface area contributed by atoms with Crippen molar-refractivity contribution >= 4 is 11.6 Å². The Hall–Kier alpha value is -2.82. The van der Waals surface area contributed by atoms with Crippen molar-refractivity contribution in [1.82, 2.24) is 4.90 Å². The van der Waals surface area contributed by atoms with E-state index in [1.165, 1.54) is 0 Å². The van der Waals surface area contributed by atoms with Crippen LogP contribution in [0.4, 0.5) is 0 Å². The third kappa shape index (κ3) is 4.65. The molecule has 1 N–H and O–H groups in total. The molecule has 4 rings (SSSR count). The van der Waals surface area contributed by atoms with E-state index in [1.807, 2.05) is 19.1 Å². The molecule has 5 heteroatoms. The number of aromatic hydroxyl groups is 1. The van der Waals surface area contributed by atoms with Crippen LogP contribution < -0.4 is 4.74 Å². The van der Waals surface area contributed by atoms with E-state index in [-0.39, 0.29) is 28.1 Å². The molecular formula is C31H41NO4. The first-order valence-corrected chi connectivity index (χ1v) is 13.3. The average molecular weight is 492 g/mol. The molecule has 0 unspecified atom stereocenters. The summed E-state index contributed by atoms with van der Waals surface area (Å²) in [6.07, 6.45) is 5.65. The highest BCUT2D eigenvalue weighted by Crippen LogP contribution is 2.55. The smallest absolute Gasteiger partial charge is 0.162 e. The third-order valence-corrected chi connectivity index (χ3v) is 7.64. The average Bonchev–Trinajstić information content (AvgIpc) is 2.76. The Morgan fingerprint density at radius 1 is 1.00 bits per heavy atom. The number of benzene rings is 1. The van der Waals surface area contributed by atoms with Crippen LogP contribution in [0.15, 0.2) is 47.3 Å². The highest BCUT2D eigenvalue weighted by atomic mass is 16.5. The summed E-state index contributed by atoms with van der Waals surface area (Å²) >= 11 is 0. The Bertz CT molecular complexity index is 1110. The molecule has 0 saturated heterocycles. The van der Waals surface area contributed by atoms with Gasteiger partial charge in [-0.1, -0.05) is 46.8 Å². The second-order valence-electron chi connectivity index (χ2n) is 12.1. The number of rotatable bonds is 7. The van der Waals surface area contributed by atoms with E-state index < -0.39 is 5.92 Å². The normalized spacial score (nSPS) is 21.4. The van der Waals surface area contributed by atoms with Crippen molar-refractivity contribution in [2.45, 2.75) is 86.0 Å². The van der Waals surface area contributed by atoms with Gasteiger partial charge in [0.1, 0.15) is 0 Å². The fraction of sp³-hybridized carbons (Fsp3) is 0.548. The number of allylic oxidation sites excluding steroid dienone is 5. The van der Waals surface area contributed by atoms with Crippen molar-refractivity contribution in [2.75, 3.05) is 13.2 Å².